The second-order valence-electron chi connectivity index (χ2n) is 6.76. The molecule has 0 aliphatic rings. The van der Waals surface area contributed by atoms with Gasteiger partial charge in [0.1, 0.15) is 5.69 Å². The van der Waals surface area contributed by atoms with E-state index < -0.39 is 21.8 Å². The molecule has 0 spiro atoms. The van der Waals surface area contributed by atoms with Crippen molar-refractivity contribution in [3.8, 4) is 23.0 Å². The third kappa shape index (κ3) is 4.72. The predicted molar refractivity (Wildman–Crippen MR) is 111 cm³/mol. The molecule has 0 unspecified atom stereocenters. The monoisotopic (exact) mass is 505 g/mol. The minimum absolute atomic E-state index is 0.0489. The average molecular weight is 506 g/mol. The van der Waals surface area contributed by atoms with Gasteiger partial charge in [-0.1, -0.05) is 34.4 Å². The maximum Gasteiger partial charge on any atom is 0.417 e. The average Bonchev–Trinajstić information content (AvgIpc) is 3.32. The van der Waals surface area contributed by atoms with Crippen LogP contribution in [0.2, 0.25) is 10.0 Å². The topological polar surface area (TPSA) is 102 Å². The molecule has 168 valence electrons. The Kier molecular flexibility index (Phi) is 5.65. The Hall–Kier alpha value is -2.67. The number of alkyl halides is 3. The second kappa shape index (κ2) is 8.03. The Labute approximate surface area is 189 Å². The van der Waals surface area contributed by atoms with Gasteiger partial charge >= 0.3 is 6.18 Å². The normalized spacial score (nSPS) is 12.6. The van der Waals surface area contributed by atoms with Crippen molar-refractivity contribution in [2.45, 2.75) is 12.7 Å². The Bertz CT molecular complexity index is 1430. The standard InChI is InChI=1S/C18H12Cl2F3N5O3S/c1-32(29,30)24-6-9-2-3-11(12(19)4-9)15-26-17(31-27-15)14-8-28-7-10(18(21,22)23)5-13(20)16(28)25-14/h2-5,7-8,24H,6H2,1H3. The summed E-state index contributed by atoms with van der Waals surface area (Å²) in [7, 11) is -3.36. The van der Waals surface area contributed by atoms with Gasteiger partial charge in [0.2, 0.25) is 15.8 Å². The molecule has 8 nitrogen and oxygen atoms in total. The van der Waals surface area contributed by atoms with Crippen LogP contribution in [0.15, 0.2) is 41.2 Å². The molecule has 0 aliphatic heterocycles. The predicted octanol–water partition coefficient (Wildman–Crippen LogP) is 4.43. The molecule has 0 saturated carbocycles. The molecule has 1 N–H and O–H groups in total. The van der Waals surface area contributed by atoms with Crippen LogP contribution in [0.3, 0.4) is 0 Å². The number of fused-ring (bicyclic) bond motifs is 1. The zero-order valence-corrected chi connectivity index (χ0v) is 18.3. The first-order valence-electron chi connectivity index (χ1n) is 8.74. The van der Waals surface area contributed by atoms with Crippen molar-refractivity contribution < 1.29 is 26.1 Å². The van der Waals surface area contributed by atoms with Crippen LogP contribution in [-0.2, 0) is 22.7 Å². The minimum Gasteiger partial charge on any atom is -0.332 e. The number of hydrogen-bond acceptors (Lipinski definition) is 6. The van der Waals surface area contributed by atoms with E-state index in [1.165, 1.54) is 6.20 Å². The number of pyridine rings is 1. The number of hydrogen-bond donors (Lipinski definition) is 1. The molecule has 14 heteroatoms. The highest BCUT2D eigenvalue weighted by Gasteiger charge is 2.32. The van der Waals surface area contributed by atoms with Gasteiger partial charge in [-0.25, -0.2) is 18.1 Å². The van der Waals surface area contributed by atoms with E-state index in [9.17, 15) is 21.6 Å². The Morgan fingerprint density at radius 2 is 1.88 bits per heavy atom. The van der Waals surface area contributed by atoms with E-state index in [2.05, 4.69) is 19.8 Å². The third-order valence-electron chi connectivity index (χ3n) is 4.29. The van der Waals surface area contributed by atoms with E-state index in [0.717, 1.165) is 22.9 Å². The highest BCUT2D eigenvalue weighted by Crippen LogP contribution is 2.33. The number of nitrogens with zero attached hydrogens (tertiary/aromatic N) is 4. The first kappa shape index (κ1) is 22.5. The third-order valence-corrected chi connectivity index (χ3v) is 5.55. The van der Waals surface area contributed by atoms with Gasteiger partial charge in [-0.2, -0.15) is 18.2 Å². The lowest BCUT2D eigenvalue weighted by Gasteiger charge is -2.07. The number of rotatable bonds is 5. The van der Waals surface area contributed by atoms with Gasteiger partial charge in [-0.3, -0.25) is 0 Å². The number of benzene rings is 1. The van der Waals surface area contributed by atoms with E-state index in [1.807, 2.05) is 0 Å². The van der Waals surface area contributed by atoms with Crippen LogP contribution in [0.1, 0.15) is 11.1 Å². The molecule has 0 fully saturated rings. The molecular weight excluding hydrogens is 494 g/mol. The molecule has 0 atom stereocenters. The molecule has 0 saturated heterocycles. The molecule has 0 amide bonds. The fourth-order valence-electron chi connectivity index (χ4n) is 2.82. The van der Waals surface area contributed by atoms with Gasteiger partial charge < -0.3 is 8.92 Å². The maximum atomic E-state index is 13.0. The van der Waals surface area contributed by atoms with Crippen LogP contribution in [0.5, 0.6) is 0 Å². The first-order valence-corrected chi connectivity index (χ1v) is 11.4. The Morgan fingerprint density at radius 1 is 1.12 bits per heavy atom. The molecular formula is C18H12Cl2F3N5O3S. The van der Waals surface area contributed by atoms with Crippen LogP contribution in [0, 0.1) is 0 Å². The highest BCUT2D eigenvalue weighted by atomic mass is 35.5. The second-order valence-corrected chi connectivity index (χ2v) is 9.41. The van der Waals surface area contributed by atoms with Crippen molar-refractivity contribution in [3.05, 3.63) is 57.8 Å². The fourth-order valence-corrected chi connectivity index (χ4v) is 3.79. The molecule has 32 heavy (non-hydrogen) atoms. The van der Waals surface area contributed by atoms with Gasteiger partial charge in [-0.15, -0.1) is 0 Å². The lowest BCUT2D eigenvalue weighted by Crippen LogP contribution is -2.21. The molecule has 3 heterocycles. The van der Waals surface area contributed by atoms with Crippen LogP contribution in [0.25, 0.3) is 28.6 Å². The fraction of sp³-hybridized carbons (Fsp3) is 0.167. The summed E-state index contributed by atoms with van der Waals surface area (Å²) >= 11 is 12.2. The van der Waals surface area contributed by atoms with Crippen molar-refractivity contribution >= 4 is 38.9 Å². The smallest absolute Gasteiger partial charge is 0.332 e. The highest BCUT2D eigenvalue weighted by molar-refractivity contribution is 7.88. The molecule has 1 aromatic carbocycles. The van der Waals surface area contributed by atoms with E-state index in [-0.39, 0.29) is 39.6 Å². The lowest BCUT2D eigenvalue weighted by molar-refractivity contribution is -0.137. The van der Waals surface area contributed by atoms with Gasteiger partial charge in [0.05, 0.1) is 21.9 Å². The number of sulfonamides is 1. The summed E-state index contributed by atoms with van der Waals surface area (Å²) in [6.07, 6.45) is -1.38. The quantitative estimate of drug-likeness (QED) is 0.430. The van der Waals surface area contributed by atoms with Crippen molar-refractivity contribution in [3.63, 3.8) is 0 Å². The van der Waals surface area contributed by atoms with Crippen molar-refractivity contribution in [2.75, 3.05) is 6.26 Å². The zero-order chi connectivity index (χ0) is 23.3. The Balaban J connectivity index is 1.64. The molecule has 0 aliphatic carbocycles. The van der Waals surface area contributed by atoms with Gasteiger partial charge in [0, 0.05) is 24.5 Å². The van der Waals surface area contributed by atoms with Crippen molar-refractivity contribution in [2.24, 2.45) is 0 Å². The number of imidazole rings is 1. The molecule has 0 bridgehead atoms. The minimum atomic E-state index is -4.57. The largest absolute Gasteiger partial charge is 0.417 e. The summed E-state index contributed by atoms with van der Waals surface area (Å²) < 4.78 is 70.1. The molecule has 0 radical (unpaired) electrons. The van der Waals surface area contributed by atoms with E-state index in [0.29, 0.717) is 11.1 Å². The summed E-state index contributed by atoms with van der Waals surface area (Å²) in [5.74, 6) is 0.0685. The van der Waals surface area contributed by atoms with E-state index >= 15 is 0 Å². The number of nitrogens with one attached hydrogen (secondary N) is 1. The lowest BCUT2D eigenvalue weighted by atomic mass is 10.1. The van der Waals surface area contributed by atoms with Crippen LogP contribution in [-0.4, -0.2) is 34.2 Å². The SMILES string of the molecule is CS(=O)(=O)NCc1ccc(-c2noc(-c3cn4cc(C(F)(F)F)cc(Cl)c4n3)n2)c(Cl)c1. The number of aromatic nitrogens is 4. The molecule has 3 aromatic heterocycles. The van der Waals surface area contributed by atoms with Crippen LogP contribution in [0.4, 0.5) is 13.2 Å². The van der Waals surface area contributed by atoms with Gasteiger partial charge in [0.15, 0.2) is 5.65 Å². The van der Waals surface area contributed by atoms with Crippen LogP contribution >= 0.6 is 23.2 Å². The summed E-state index contributed by atoms with van der Waals surface area (Å²) in [4.78, 5) is 8.37. The first-order chi connectivity index (χ1) is 14.9. The van der Waals surface area contributed by atoms with Gasteiger partial charge in [-0.05, 0) is 23.8 Å². The summed E-state index contributed by atoms with van der Waals surface area (Å²) in [5.41, 5.74) is 0.307. The van der Waals surface area contributed by atoms with Crippen molar-refractivity contribution in [1.29, 1.82) is 0 Å². The Morgan fingerprint density at radius 3 is 2.53 bits per heavy atom. The van der Waals surface area contributed by atoms with Crippen molar-refractivity contribution in [1.82, 2.24) is 24.2 Å². The maximum absolute atomic E-state index is 13.0. The summed E-state index contributed by atoms with van der Waals surface area (Å²) in [6.45, 7) is 0.0538. The molecule has 4 aromatic rings. The summed E-state index contributed by atoms with van der Waals surface area (Å²) in [5, 5.41) is 3.90. The number of halogens is 5. The zero-order valence-electron chi connectivity index (χ0n) is 16.0. The van der Waals surface area contributed by atoms with E-state index in [4.69, 9.17) is 27.7 Å². The van der Waals surface area contributed by atoms with Gasteiger partial charge in [0.25, 0.3) is 5.89 Å². The van der Waals surface area contributed by atoms with Crippen LogP contribution < -0.4 is 4.72 Å². The van der Waals surface area contributed by atoms with E-state index in [1.54, 1.807) is 18.2 Å². The molecule has 4 rings (SSSR count). The summed E-state index contributed by atoms with van der Waals surface area (Å²) in [6, 6.07) is 5.56.